The smallest absolute Gasteiger partial charge is 0.270 e. The minimum absolute atomic E-state index is 0.0733. The van der Waals surface area contributed by atoms with E-state index in [1.807, 2.05) is 31.2 Å². The molecule has 0 spiro atoms. The Labute approximate surface area is 252 Å². The summed E-state index contributed by atoms with van der Waals surface area (Å²) in [7, 11) is 0. The number of nitrogens with zero attached hydrogens (tertiary/aromatic N) is 2. The average molecular weight is 591 g/mol. The summed E-state index contributed by atoms with van der Waals surface area (Å²) in [6.45, 7) is 6.62. The second kappa shape index (κ2) is 14.1. The number of hydrogen-bond acceptors (Lipinski definition) is 7. The van der Waals surface area contributed by atoms with Gasteiger partial charge in [0.05, 0.1) is 6.04 Å². The van der Waals surface area contributed by atoms with Gasteiger partial charge in [-0.25, -0.2) is 0 Å². The lowest BCUT2D eigenvalue weighted by molar-refractivity contribution is -0.127. The van der Waals surface area contributed by atoms with E-state index in [0.717, 1.165) is 56.6 Å². The van der Waals surface area contributed by atoms with Crippen molar-refractivity contribution in [2.24, 2.45) is 5.73 Å². The molecule has 3 aliphatic rings. The van der Waals surface area contributed by atoms with Crippen molar-refractivity contribution in [1.82, 2.24) is 20.4 Å². The quantitative estimate of drug-likeness (QED) is 0.233. The van der Waals surface area contributed by atoms with Crippen molar-refractivity contribution in [3.05, 3.63) is 75.9 Å². The zero-order valence-corrected chi connectivity index (χ0v) is 25.2. The van der Waals surface area contributed by atoms with E-state index in [1.54, 1.807) is 17.0 Å². The van der Waals surface area contributed by atoms with Gasteiger partial charge in [-0.3, -0.25) is 14.4 Å². The van der Waals surface area contributed by atoms with Crippen LogP contribution >= 0.6 is 11.8 Å². The van der Waals surface area contributed by atoms with E-state index in [9.17, 15) is 14.4 Å². The van der Waals surface area contributed by atoms with E-state index in [1.165, 1.54) is 30.2 Å². The van der Waals surface area contributed by atoms with Crippen LogP contribution in [0.15, 0.2) is 59.3 Å². The van der Waals surface area contributed by atoms with Crippen molar-refractivity contribution >= 4 is 35.2 Å². The Hall–Kier alpha value is -3.50. The molecule has 1 unspecified atom stereocenters. The Morgan fingerprint density at radius 3 is 2.69 bits per heavy atom. The minimum atomic E-state index is -0.440. The number of aryl methyl sites for hydroxylation is 1. The van der Waals surface area contributed by atoms with E-state index in [2.05, 4.69) is 33.0 Å². The van der Waals surface area contributed by atoms with Crippen molar-refractivity contribution in [2.45, 2.75) is 56.7 Å². The van der Waals surface area contributed by atoms with Gasteiger partial charge in [-0.2, -0.15) is 0 Å². The van der Waals surface area contributed by atoms with Gasteiger partial charge in [-0.15, -0.1) is 0 Å². The largest absolute Gasteiger partial charge is 0.392 e. The maximum atomic E-state index is 13.2. The van der Waals surface area contributed by atoms with Gasteiger partial charge >= 0.3 is 0 Å². The third kappa shape index (κ3) is 7.10. The number of rotatable bonds is 11. The monoisotopic (exact) mass is 590 g/mol. The molecule has 2 aliphatic heterocycles. The number of carbonyl (C=O) groups excluding carboxylic acids is 3. The molecule has 0 aromatic heterocycles. The number of thioether (sulfide) groups is 1. The second-order valence-electron chi connectivity index (χ2n) is 11.1. The molecule has 42 heavy (non-hydrogen) atoms. The lowest BCUT2D eigenvalue weighted by Gasteiger charge is -2.27. The Morgan fingerprint density at radius 2 is 1.88 bits per heavy atom. The third-order valence-corrected chi connectivity index (χ3v) is 9.57. The molecule has 0 saturated carbocycles. The second-order valence-corrected chi connectivity index (χ2v) is 12.3. The van der Waals surface area contributed by atoms with E-state index in [0.29, 0.717) is 30.2 Å². The highest BCUT2D eigenvalue weighted by Crippen LogP contribution is 2.37. The van der Waals surface area contributed by atoms with Gasteiger partial charge in [0.2, 0.25) is 5.91 Å². The number of nitrogens with two attached hydrogens (primary N) is 1. The molecular weight excluding hydrogens is 548 g/mol. The zero-order chi connectivity index (χ0) is 29.5. The van der Waals surface area contributed by atoms with Crippen molar-refractivity contribution < 1.29 is 14.4 Å². The molecule has 5 N–H and O–H groups in total. The van der Waals surface area contributed by atoms with Crippen LogP contribution in [-0.4, -0.2) is 72.0 Å². The van der Waals surface area contributed by atoms with Crippen LogP contribution in [0.25, 0.3) is 0 Å². The topological polar surface area (TPSA) is 120 Å². The number of carbonyl (C=O) groups is 3. The van der Waals surface area contributed by atoms with Gasteiger partial charge in [0.1, 0.15) is 16.0 Å². The number of fused-ring (bicyclic) bond motifs is 1. The first-order valence-corrected chi connectivity index (χ1v) is 16.0. The molecule has 2 atom stereocenters. The Kier molecular flexibility index (Phi) is 10.1. The number of nitrogens with one attached hydrogen (secondary N) is 3. The molecule has 224 valence electrons. The van der Waals surface area contributed by atoms with Crippen LogP contribution in [-0.2, 0) is 16.0 Å². The normalized spacial score (nSPS) is 21.6. The molecule has 0 bridgehead atoms. The summed E-state index contributed by atoms with van der Waals surface area (Å²) in [5.41, 5.74) is 10.2. The van der Waals surface area contributed by atoms with Gasteiger partial charge in [0.15, 0.2) is 0 Å². The first-order valence-electron chi connectivity index (χ1n) is 15.2. The number of benzene rings is 2. The van der Waals surface area contributed by atoms with Crippen LogP contribution in [0.2, 0.25) is 0 Å². The van der Waals surface area contributed by atoms with E-state index in [4.69, 9.17) is 5.73 Å². The SMILES string of the molecule is CCN1C(=O)[C@@H](CNc2cccc(C(=O)NCCCN3CCCC3)c2)S/C1=C(/N)C(=O)NC1CCCc2ccccc21. The highest BCUT2D eigenvalue weighted by molar-refractivity contribution is 8.04. The maximum absolute atomic E-state index is 13.2. The van der Waals surface area contributed by atoms with Gasteiger partial charge in [-0.1, -0.05) is 42.1 Å². The minimum Gasteiger partial charge on any atom is -0.392 e. The number of anilines is 1. The summed E-state index contributed by atoms with van der Waals surface area (Å²) < 4.78 is 0. The molecule has 2 fully saturated rings. The number of likely N-dealkylation sites (tertiary alicyclic amines) is 1. The van der Waals surface area contributed by atoms with E-state index in [-0.39, 0.29) is 29.5 Å². The molecule has 5 rings (SSSR count). The van der Waals surface area contributed by atoms with Gasteiger partial charge in [0, 0.05) is 30.9 Å². The van der Waals surface area contributed by atoms with Crippen molar-refractivity contribution in [1.29, 1.82) is 0 Å². The van der Waals surface area contributed by atoms with Crippen LogP contribution in [0.4, 0.5) is 5.69 Å². The van der Waals surface area contributed by atoms with Gasteiger partial charge in [0.25, 0.3) is 11.8 Å². The molecule has 10 heteroatoms. The summed E-state index contributed by atoms with van der Waals surface area (Å²) in [6, 6.07) is 15.4. The number of hydrogen-bond donors (Lipinski definition) is 4. The maximum Gasteiger partial charge on any atom is 0.270 e. The van der Waals surface area contributed by atoms with E-state index < -0.39 is 5.25 Å². The fraction of sp³-hybridized carbons (Fsp3) is 0.469. The fourth-order valence-electron chi connectivity index (χ4n) is 5.99. The number of amides is 3. The van der Waals surface area contributed by atoms with Crippen LogP contribution in [0.1, 0.15) is 66.6 Å². The van der Waals surface area contributed by atoms with Gasteiger partial charge < -0.3 is 31.5 Å². The molecule has 3 amide bonds. The molecule has 1 aliphatic carbocycles. The van der Waals surface area contributed by atoms with E-state index >= 15 is 0 Å². The predicted molar refractivity (Wildman–Crippen MR) is 168 cm³/mol. The van der Waals surface area contributed by atoms with Crippen LogP contribution < -0.4 is 21.7 Å². The van der Waals surface area contributed by atoms with Crippen LogP contribution in [0.5, 0.6) is 0 Å². The third-order valence-electron chi connectivity index (χ3n) is 8.26. The van der Waals surface area contributed by atoms with Crippen molar-refractivity contribution in [3.8, 4) is 0 Å². The standard InChI is InChI=1S/C32H42N6O3S/c1-2-38-31(41)27(42-32(38)28(33)30(40)36-26-15-8-11-22-10-3-4-14-25(22)26)21-35-24-13-7-12-23(20-24)29(39)34-16-9-19-37-17-5-6-18-37/h3-4,7,10,12-14,20,26-27,35H,2,5-6,8-9,11,15-19,21,33H2,1H3,(H,34,39)(H,36,40)/b32-28+/t26?,27-/m1/s1. The molecule has 2 saturated heterocycles. The predicted octanol–water partition coefficient (Wildman–Crippen LogP) is 3.60. The first-order chi connectivity index (χ1) is 20.4. The zero-order valence-electron chi connectivity index (χ0n) is 24.4. The summed E-state index contributed by atoms with van der Waals surface area (Å²) in [6.07, 6.45) is 6.34. The van der Waals surface area contributed by atoms with Crippen LogP contribution in [0.3, 0.4) is 0 Å². The highest BCUT2D eigenvalue weighted by Gasteiger charge is 2.38. The Morgan fingerprint density at radius 1 is 1.07 bits per heavy atom. The Balaban J connectivity index is 1.16. The lowest BCUT2D eigenvalue weighted by atomic mass is 9.88. The lowest BCUT2D eigenvalue weighted by Crippen LogP contribution is -2.37. The first kappa shape index (κ1) is 30.0. The highest BCUT2D eigenvalue weighted by atomic mass is 32.2. The molecule has 2 aromatic carbocycles. The molecule has 2 aromatic rings. The molecular formula is C32H42N6O3S. The summed E-state index contributed by atoms with van der Waals surface area (Å²) in [5, 5.41) is 9.48. The molecule has 9 nitrogen and oxygen atoms in total. The van der Waals surface area contributed by atoms with Crippen LogP contribution in [0, 0.1) is 0 Å². The molecule has 2 heterocycles. The fourth-order valence-corrected chi connectivity index (χ4v) is 7.22. The van der Waals surface area contributed by atoms with Gasteiger partial charge in [-0.05, 0) is 94.4 Å². The van der Waals surface area contributed by atoms with Crippen molar-refractivity contribution in [3.63, 3.8) is 0 Å². The average Bonchev–Trinajstić information content (AvgIpc) is 3.65. The summed E-state index contributed by atoms with van der Waals surface area (Å²) in [5.74, 6) is -0.540. The summed E-state index contributed by atoms with van der Waals surface area (Å²) in [4.78, 5) is 43.2. The van der Waals surface area contributed by atoms with Crippen molar-refractivity contribution in [2.75, 3.05) is 44.6 Å². The Bertz CT molecular complexity index is 1320. The summed E-state index contributed by atoms with van der Waals surface area (Å²) >= 11 is 1.31. The molecule has 0 radical (unpaired) electrons.